The topological polar surface area (TPSA) is 29.9 Å². The van der Waals surface area contributed by atoms with Gasteiger partial charge in [0.25, 0.3) is 0 Å². The molecule has 5 heteroatoms. The summed E-state index contributed by atoms with van der Waals surface area (Å²) in [7, 11) is 2.00. The Hall–Kier alpha value is -0.840. The number of aryl methyl sites for hydroxylation is 2. The molecule has 2 aromatic heterocycles. The predicted octanol–water partition coefficient (Wildman–Crippen LogP) is 3.14. The zero-order chi connectivity index (χ0) is 12.4. The van der Waals surface area contributed by atoms with Crippen molar-refractivity contribution in [3.8, 4) is 0 Å². The molecule has 0 saturated heterocycles. The van der Waals surface area contributed by atoms with Gasteiger partial charge >= 0.3 is 0 Å². The van der Waals surface area contributed by atoms with Crippen LogP contribution in [0.3, 0.4) is 0 Å². The quantitative estimate of drug-likeness (QED) is 0.924. The highest BCUT2D eigenvalue weighted by Gasteiger charge is 2.22. The fourth-order valence-corrected chi connectivity index (χ4v) is 3.18. The van der Waals surface area contributed by atoms with Crippen molar-refractivity contribution in [1.82, 2.24) is 14.9 Å². The van der Waals surface area contributed by atoms with Crippen LogP contribution in [-0.2, 0) is 7.05 Å². The summed E-state index contributed by atoms with van der Waals surface area (Å²) in [4.78, 5) is 5.55. The number of thiophene rings is 1. The average molecular weight is 270 g/mol. The van der Waals surface area contributed by atoms with E-state index >= 15 is 0 Å². The predicted molar refractivity (Wildman–Crippen MR) is 72.8 cm³/mol. The molecule has 0 radical (unpaired) electrons. The van der Waals surface area contributed by atoms with Gasteiger partial charge in [-0.3, -0.25) is 0 Å². The van der Waals surface area contributed by atoms with Gasteiger partial charge in [0.15, 0.2) is 0 Å². The Kier molecular flexibility index (Phi) is 3.86. The SMILES string of the molecule is CCNC(c1scc(C)c1Cl)c1nccn1C. The highest BCUT2D eigenvalue weighted by molar-refractivity contribution is 7.10. The Morgan fingerprint density at radius 2 is 2.35 bits per heavy atom. The van der Waals surface area contributed by atoms with Gasteiger partial charge in [0.2, 0.25) is 0 Å². The normalized spacial score (nSPS) is 12.9. The Balaban J connectivity index is 2.43. The first kappa shape index (κ1) is 12.6. The van der Waals surface area contributed by atoms with E-state index in [-0.39, 0.29) is 6.04 Å². The number of imidazole rings is 1. The van der Waals surface area contributed by atoms with Crippen LogP contribution in [0.25, 0.3) is 0 Å². The highest BCUT2D eigenvalue weighted by atomic mass is 35.5. The van der Waals surface area contributed by atoms with Gasteiger partial charge in [-0.05, 0) is 24.4 Å². The number of hydrogen-bond donors (Lipinski definition) is 1. The number of halogens is 1. The molecule has 0 amide bonds. The minimum absolute atomic E-state index is 0.0752. The fraction of sp³-hybridized carbons (Fsp3) is 0.417. The molecule has 0 bridgehead atoms. The van der Waals surface area contributed by atoms with E-state index in [0.717, 1.165) is 27.8 Å². The molecule has 2 rings (SSSR count). The van der Waals surface area contributed by atoms with Crippen LogP contribution in [0.15, 0.2) is 17.8 Å². The molecule has 1 N–H and O–H groups in total. The van der Waals surface area contributed by atoms with E-state index in [9.17, 15) is 0 Å². The summed E-state index contributed by atoms with van der Waals surface area (Å²) < 4.78 is 2.03. The monoisotopic (exact) mass is 269 g/mol. The van der Waals surface area contributed by atoms with Gasteiger partial charge in [-0.25, -0.2) is 4.98 Å². The number of nitrogens with zero attached hydrogens (tertiary/aromatic N) is 2. The van der Waals surface area contributed by atoms with Gasteiger partial charge < -0.3 is 9.88 Å². The summed E-state index contributed by atoms with van der Waals surface area (Å²) in [6.07, 6.45) is 3.77. The zero-order valence-electron chi connectivity index (χ0n) is 10.2. The average Bonchev–Trinajstić information content (AvgIpc) is 2.85. The van der Waals surface area contributed by atoms with Crippen molar-refractivity contribution in [2.75, 3.05) is 6.54 Å². The van der Waals surface area contributed by atoms with Gasteiger partial charge in [-0.2, -0.15) is 0 Å². The lowest BCUT2D eigenvalue weighted by molar-refractivity contribution is 0.584. The third-order valence-electron chi connectivity index (χ3n) is 2.71. The highest BCUT2D eigenvalue weighted by Crippen LogP contribution is 2.34. The van der Waals surface area contributed by atoms with Crippen LogP contribution in [0, 0.1) is 6.92 Å². The van der Waals surface area contributed by atoms with Crippen LogP contribution >= 0.6 is 22.9 Å². The summed E-state index contributed by atoms with van der Waals surface area (Å²) >= 11 is 8.03. The summed E-state index contributed by atoms with van der Waals surface area (Å²) in [6, 6.07) is 0.0752. The van der Waals surface area contributed by atoms with Gasteiger partial charge in [-0.1, -0.05) is 18.5 Å². The molecule has 3 nitrogen and oxygen atoms in total. The van der Waals surface area contributed by atoms with Gasteiger partial charge in [0.1, 0.15) is 11.9 Å². The van der Waals surface area contributed by atoms with Crippen molar-refractivity contribution >= 4 is 22.9 Å². The summed E-state index contributed by atoms with van der Waals surface area (Å²) in [5.74, 6) is 0.996. The van der Waals surface area contributed by atoms with E-state index in [0.29, 0.717) is 0 Å². The number of nitrogens with one attached hydrogen (secondary N) is 1. The summed E-state index contributed by atoms with van der Waals surface area (Å²) in [6.45, 7) is 5.00. The van der Waals surface area contributed by atoms with Crippen LogP contribution in [0.1, 0.15) is 29.2 Å². The van der Waals surface area contributed by atoms with Gasteiger partial charge in [0, 0.05) is 24.3 Å². The molecule has 2 aromatic rings. The van der Waals surface area contributed by atoms with Crippen molar-refractivity contribution in [1.29, 1.82) is 0 Å². The van der Waals surface area contributed by atoms with Crippen molar-refractivity contribution in [3.05, 3.63) is 39.1 Å². The lowest BCUT2D eigenvalue weighted by Gasteiger charge is -2.17. The van der Waals surface area contributed by atoms with Crippen LogP contribution in [0.4, 0.5) is 0 Å². The van der Waals surface area contributed by atoms with Gasteiger partial charge in [-0.15, -0.1) is 11.3 Å². The van der Waals surface area contributed by atoms with Crippen LogP contribution in [0.2, 0.25) is 5.02 Å². The minimum Gasteiger partial charge on any atom is -0.336 e. The molecule has 0 aliphatic carbocycles. The Labute approximate surface area is 110 Å². The number of hydrogen-bond acceptors (Lipinski definition) is 3. The van der Waals surface area contributed by atoms with Crippen LogP contribution in [0.5, 0.6) is 0 Å². The van der Waals surface area contributed by atoms with Crippen molar-refractivity contribution < 1.29 is 0 Å². The lowest BCUT2D eigenvalue weighted by Crippen LogP contribution is -2.24. The molecular weight excluding hydrogens is 254 g/mol. The largest absolute Gasteiger partial charge is 0.336 e. The number of aromatic nitrogens is 2. The second-order valence-electron chi connectivity index (χ2n) is 3.98. The molecule has 0 aliphatic heterocycles. The maximum absolute atomic E-state index is 6.34. The fourth-order valence-electron chi connectivity index (χ4n) is 1.81. The maximum Gasteiger partial charge on any atom is 0.131 e. The Morgan fingerprint density at radius 3 is 2.82 bits per heavy atom. The Morgan fingerprint density at radius 1 is 1.59 bits per heavy atom. The molecule has 1 unspecified atom stereocenters. The zero-order valence-corrected chi connectivity index (χ0v) is 11.8. The maximum atomic E-state index is 6.34. The Bertz CT molecular complexity index is 504. The molecule has 2 heterocycles. The minimum atomic E-state index is 0.0752. The molecular formula is C12H16ClN3S. The first-order chi connectivity index (χ1) is 8.15. The standard InChI is InChI=1S/C12H16ClN3S/c1-4-14-10(12-15-5-6-16(12)3)11-9(13)8(2)7-17-11/h5-7,10,14H,4H2,1-3H3. The molecule has 1 atom stereocenters. The summed E-state index contributed by atoms with van der Waals surface area (Å²) in [5, 5.41) is 6.38. The third-order valence-corrected chi connectivity index (χ3v) is 4.49. The molecule has 0 spiro atoms. The van der Waals surface area contributed by atoms with Crippen LogP contribution < -0.4 is 5.32 Å². The van der Waals surface area contributed by atoms with E-state index in [1.54, 1.807) is 11.3 Å². The summed E-state index contributed by atoms with van der Waals surface area (Å²) in [5.41, 5.74) is 1.13. The van der Waals surface area contributed by atoms with Gasteiger partial charge in [0.05, 0.1) is 5.02 Å². The second-order valence-corrected chi connectivity index (χ2v) is 5.27. The molecule has 0 aromatic carbocycles. The second kappa shape index (κ2) is 5.21. The van der Waals surface area contributed by atoms with Crippen LogP contribution in [-0.4, -0.2) is 16.1 Å². The van der Waals surface area contributed by atoms with E-state index in [1.807, 2.05) is 30.9 Å². The lowest BCUT2D eigenvalue weighted by atomic mass is 10.2. The first-order valence-electron chi connectivity index (χ1n) is 5.59. The first-order valence-corrected chi connectivity index (χ1v) is 6.85. The third kappa shape index (κ3) is 2.39. The van der Waals surface area contributed by atoms with Crippen molar-refractivity contribution in [2.24, 2.45) is 7.05 Å². The van der Waals surface area contributed by atoms with E-state index in [4.69, 9.17) is 11.6 Å². The van der Waals surface area contributed by atoms with Crippen molar-refractivity contribution in [3.63, 3.8) is 0 Å². The van der Waals surface area contributed by atoms with E-state index in [2.05, 4.69) is 22.6 Å². The molecule has 17 heavy (non-hydrogen) atoms. The smallest absolute Gasteiger partial charge is 0.131 e. The molecule has 92 valence electrons. The number of rotatable bonds is 4. The molecule has 0 aliphatic rings. The molecule has 0 saturated carbocycles. The van der Waals surface area contributed by atoms with Crippen molar-refractivity contribution in [2.45, 2.75) is 19.9 Å². The van der Waals surface area contributed by atoms with E-state index < -0.39 is 0 Å². The molecule has 0 fully saturated rings. The van der Waals surface area contributed by atoms with E-state index in [1.165, 1.54) is 0 Å².